The zero-order valence-corrected chi connectivity index (χ0v) is 15.1. The third-order valence-electron chi connectivity index (χ3n) is 3.36. The van der Waals surface area contributed by atoms with Gasteiger partial charge in [0.25, 0.3) is 10.1 Å². The molecule has 2 rings (SSSR count). The van der Waals surface area contributed by atoms with Crippen LogP contribution in [-0.4, -0.2) is 39.5 Å². The number of hydrogen-bond acceptors (Lipinski definition) is 7. The van der Waals surface area contributed by atoms with E-state index in [-0.39, 0.29) is 17.3 Å². The standard InChI is InChI=1S/C16H19N5O4S/c1-21(2)12-5-8-14(15(9-12)18-16(22)10-17)20-19-11-3-6-13(7-4-11)26(23,24)25/h3-9H,10,17H2,1-2H3,(H,18,22)(H,23,24,25). The number of carbonyl (C=O) groups excluding carboxylic acids is 1. The molecule has 0 atom stereocenters. The molecule has 0 bridgehead atoms. The molecule has 0 aliphatic heterocycles. The van der Waals surface area contributed by atoms with Gasteiger partial charge in [0.05, 0.1) is 22.8 Å². The van der Waals surface area contributed by atoms with Gasteiger partial charge < -0.3 is 16.0 Å². The van der Waals surface area contributed by atoms with Crippen molar-refractivity contribution in [3.63, 3.8) is 0 Å². The third kappa shape index (κ3) is 5.09. The zero-order valence-electron chi connectivity index (χ0n) is 14.2. The fraction of sp³-hybridized carbons (Fsp3) is 0.188. The summed E-state index contributed by atoms with van der Waals surface area (Å²) in [6.45, 7) is -0.167. The maximum atomic E-state index is 11.6. The lowest BCUT2D eigenvalue weighted by Gasteiger charge is -2.15. The molecule has 0 heterocycles. The fourth-order valence-corrected chi connectivity index (χ4v) is 2.47. The number of hydrogen-bond donors (Lipinski definition) is 3. The lowest BCUT2D eigenvalue weighted by Crippen LogP contribution is -2.22. The first-order valence-electron chi connectivity index (χ1n) is 7.51. The molecule has 26 heavy (non-hydrogen) atoms. The fourth-order valence-electron chi connectivity index (χ4n) is 1.99. The first-order chi connectivity index (χ1) is 12.2. The summed E-state index contributed by atoms with van der Waals surface area (Å²) in [5.74, 6) is -0.366. The summed E-state index contributed by atoms with van der Waals surface area (Å²) in [6, 6.07) is 10.5. The quantitative estimate of drug-likeness (QED) is 0.522. The van der Waals surface area contributed by atoms with E-state index in [1.165, 1.54) is 24.3 Å². The highest BCUT2D eigenvalue weighted by Gasteiger charge is 2.10. The maximum Gasteiger partial charge on any atom is 0.294 e. The van der Waals surface area contributed by atoms with Crippen molar-refractivity contribution in [2.75, 3.05) is 30.9 Å². The molecule has 2 aromatic rings. The smallest absolute Gasteiger partial charge is 0.294 e. The van der Waals surface area contributed by atoms with Crippen LogP contribution >= 0.6 is 0 Å². The molecule has 0 saturated carbocycles. The van der Waals surface area contributed by atoms with Crippen LogP contribution in [0.3, 0.4) is 0 Å². The number of anilines is 2. The summed E-state index contributed by atoms with van der Waals surface area (Å²) < 4.78 is 31.0. The lowest BCUT2D eigenvalue weighted by atomic mass is 10.2. The average Bonchev–Trinajstić information content (AvgIpc) is 2.60. The van der Waals surface area contributed by atoms with Crippen molar-refractivity contribution in [3.8, 4) is 0 Å². The predicted octanol–water partition coefficient (Wildman–Crippen LogP) is 2.31. The van der Waals surface area contributed by atoms with Crippen molar-refractivity contribution in [3.05, 3.63) is 42.5 Å². The topological polar surface area (TPSA) is 137 Å². The van der Waals surface area contributed by atoms with E-state index in [2.05, 4.69) is 15.5 Å². The van der Waals surface area contributed by atoms with Crippen LogP contribution in [0.4, 0.5) is 22.7 Å². The summed E-state index contributed by atoms with van der Waals surface area (Å²) in [4.78, 5) is 13.3. The number of nitrogens with one attached hydrogen (secondary N) is 1. The normalized spacial score (nSPS) is 11.5. The van der Waals surface area contributed by atoms with Gasteiger partial charge in [0.1, 0.15) is 5.69 Å². The average molecular weight is 377 g/mol. The number of nitrogens with zero attached hydrogens (tertiary/aromatic N) is 3. The van der Waals surface area contributed by atoms with Crippen LogP contribution in [-0.2, 0) is 14.9 Å². The number of nitrogens with two attached hydrogens (primary N) is 1. The highest BCUT2D eigenvalue weighted by molar-refractivity contribution is 7.85. The van der Waals surface area contributed by atoms with Crippen molar-refractivity contribution in [2.45, 2.75) is 4.90 Å². The van der Waals surface area contributed by atoms with Gasteiger partial charge in [-0.3, -0.25) is 9.35 Å². The van der Waals surface area contributed by atoms with Crippen LogP contribution in [0.25, 0.3) is 0 Å². The Hall–Kier alpha value is -2.82. The molecule has 9 nitrogen and oxygen atoms in total. The van der Waals surface area contributed by atoms with Crippen LogP contribution < -0.4 is 16.0 Å². The monoisotopic (exact) mass is 377 g/mol. The minimum Gasteiger partial charge on any atom is -0.378 e. The lowest BCUT2D eigenvalue weighted by molar-refractivity contribution is -0.114. The Balaban J connectivity index is 2.32. The van der Waals surface area contributed by atoms with Crippen molar-refractivity contribution < 1.29 is 17.8 Å². The number of rotatable bonds is 6. The molecule has 0 unspecified atom stereocenters. The van der Waals surface area contributed by atoms with E-state index in [9.17, 15) is 13.2 Å². The second-order valence-electron chi connectivity index (χ2n) is 5.52. The van der Waals surface area contributed by atoms with Gasteiger partial charge in [0, 0.05) is 19.8 Å². The van der Waals surface area contributed by atoms with E-state index in [1.807, 2.05) is 25.1 Å². The zero-order chi connectivity index (χ0) is 19.3. The molecule has 4 N–H and O–H groups in total. The molecule has 10 heteroatoms. The number of azo groups is 1. The van der Waals surface area contributed by atoms with Crippen molar-refractivity contribution in [2.24, 2.45) is 16.0 Å². The molecule has 0 fully saturated rings. The second kappa shape index (κ2) is 8.04. The minimum absolute atomic E-state index is 0.167. The Morgan fingerprint density at radius 2 is 1.81 bits per heavy atom. The number of amides is 1. The summed E-state index contributed by atoms with van der Waals surface area (Å²) in [7, 11) is -0.533. The Kier molecular flexibility index (Phi) is 6.03. The van der Waals surface area contributed by atoms with Crippen molar-refractivity contribution in [1.82, 2.24) is 0 Å². The van der Waals surface area contributed by atoms with Gasteiger partial charge in [-0.25, -0.2) is 0 Å². The maximum absolute atomic E-state index is 11.6. The van der Waals surface area contributed by atoms with Crippen LogP contribution in [0, 0.1) is 0 Å². The first-order valence-corrected chi connectivity index (χ1v) is 8.95. The van der Waals surface area contributed by atoms with Crippen molar-refractivity contribution >= 4 is 38.8 Å². The first kappa shape index (κ1) is 19.5. The molecular formula is C16H19N5O4S. The highest BCUT2D eigenvalue weighted by Crippen LogP contribution is 2.31. The van der Waals surface area contributed by atoms with E-state index < -0.39 is 10.1 Å². The molecule has 0 aromatic heterocycles. The predicted molar refractivity (Wildman–Crippen MR) is 98.9 cm³/mol. The minimum atomic E-state index is -4.26. The molecule has 0 radical (unpaired) electrons. The number of carbonyl (C=O) groups is 1. The van der Waals surface area contributed by atoms with Crippen LogP contribution in [0.15, 0.2) is 57.6 Å². The van der Waals surface area contributed by atoms with Gasteiger partial charge in [-0.1, -0.05) is 0 Å². The molecular weight excluding hydrogens is 358 g/mol. The number of benzene rings is 2. The van der Waals surface area contributed by atoms with E-state index in [0.29, 0.717) is 17.1 Å². The molecule has 1 amide bonds. The van der Waals surface area contributed by atoms with E-state index in [1.54, 1.807) is 12.1 Å². The van der Waals surface area contributed by atoms with E-state index >= 15 is 0 Å². The molecule has 0 aliphatic carbocycles. The van der Waals surface area contributed by atoms with Crippen LogP contribution in [0.1, 0.15) is 0 Å². The molecule has 0 spiro atoms. The van der Waals surface area contributed by atoms with Crippen LogP contribution in [0.5, 0.6) is 0 Å². The van der Waals surface area contributed by atoms with Gasteiger partial charge in [-0.05, 0) is 42.5 Å². The van der Waals surface area contributed by atoms with E-state index in [0.717, 1.165) is 5.69 Å². The van der Waals surface area contributed by atoms with Gasteiger partial charge >= 0.3 is 0 Å². The summed E-state index contributed by atoms with van der Waals surface area (Å²) >= 11 is 0. The Morgan fingerprint density at radius 1 is 1.15 bits per heavy atom. The molecule has 2 aromatic carbocycles. The SMILES string of the molecule is CN(C)c1ccc(N=Nc2ccc(S(=O)(=O)O)cc2)c(NC(=O)CN)c1. The van der Waals surface area contributed by atoms with Crippen molar-refractivity contribution in [1.29, 1.82) is 0 Å². The van der Waals surface area contributed by atoms with Gasteiger partial charge in [-0.15, -0.1) is 5.11 Å². The summed E-state index contributed by atoms with van der Waals surface area (Å²) in [6.07, 6.45) is 0. The third-order valence-corrected chi connectivity index (χ3v) is 4.23. The molecule has 0 aliphatic rings. The van der Waals surface area contributed by atoms with Gasteiger partial charge in [0.15, 0.2) is 0 Å². The van der Waals surface area contributed by atoms with E-state index in [4.69, 9.17) is 10.3 Å². The largest absolute Gasteiger partial charge is 0.378 e. The Bertz CT molecular complexity index is 924. The summed E-state index contributed by atoms with van der Waals surface area (Å²) in [5, 5.41) is 10.8. The summed E-state index contributed by atoms with van der Waals surface area (Å²) in [5.41, 5.74) is 7.43. The van der Waals surface area contributed by atoms with Gasteiger partial charge in [-0.2, -0.15) is 13.5 Å². The highest BCUT2D eigenvalue weighted by atomic mass is 32.2. The van der Waals surface area contributed by atoms with Gasteiger partial charge in [0.2, 0.25) is 5.91 Å². The Morgan fingerprint density at radius 3 is 2.35 bits per heavy atom. The Labute approximate surface area is 151 Å². The molecule has 0 saturated heterocycles. The molecule has 138 valence electrons. The van der Waals surface area contributed by atoms with Crippen LogP contribution in [0.2, 0.25) is 0 Å². The second-order valence-corrected chi connectivity index (χ2v) is 6.94.